The highest BCUT2D eigenvalue weighted by molar-refractivity contribution is 5.47. The average molecular weight is 234 g/mol. The Kier molecular flexibility index (Phi) is 3.18. The van der Waals surface area contributed by atoms with Crippen LogP contribution in [0.3, 0.4) is 0 Å². The van der Waals surface area contributed by atoms with E-state index >= 15 is 0 Å². The highest BCUT2D eigenvalue weighted by Gasteiger charge is 2.07. The topological polar surface area (TPSA) is 67.5 Å². The molecule has 1 aromatic carbocycles. The number of nitrogens with zero attached hydrogens (tertiary/aromatic N) is 1. The Bertz CT molecular complexity index is 508. The van der Waals surface area contributed by atoms with Gasteiger partial charge in [0.2, 0.25) is 0 Å². The molecule has 1 aromatic heterocycles. The van der Waals surface area contributed by atoms with Crippen LogP contribution in [0.4, 0.5) is 5.82 Å². The van der Waals surface area contributed by atoms with Gasteiger partial charge in [-0.3, -0.25) is 0 Å². The van der Waals surface area contributed by atoms with E-state index in [1.807, 2.05) is 19.1 Å². The molecule has 2 aromatic rings. The largest absolute Gasteiger partial charge is 0.504 e. The third kappa shape index (κ3) is 2.50. The number of benzene rings is 1. The average Bonchev–Trinajstić information content (AvgIpc) is 2.74. The van der Waals surface area contributed by atoms with Crippen molar-refractivity contribution in [2.24, 2.45) is 0 Å². The van der Waals surface area contributed by atoms with Gasteiger partial charge in [-0.25, -0.2) is 0 Å². The van der Waals surface area contributed by atoms with E-state index < -0.39 is 0 Å². The van der Waals surface area contributed by atoms with Gasteiger partial charge in [-0.05, 0) is 13.0 Å². The molecule has 5 heteroatoms. The first-order valence-electron chi connectivity index (χ1n) is 5.22. The van der Waals surface area contributed by atoms with Crippen LogP contribution in [0.15, 0.2) is 28.8 Å². The molecule has 0 amide bonds. The number of para-hydroxylation sites is 1. The number of ether oxygens (including phenoxy) is 1. The molecule has 1 heterocycles. The lowest BCUT2D eigenvalue weighted by Gasteiger charge is -2.08. The molecule has 0 fully saturated rings. The molecule has 2 N–H and O–H groups in total. The van der Waals surface area contributed by atoms with Crippen molar-refractivity contribution in [2.75, 3.05) is 12.4 Å². The molecule has 0 aliphatic rings. The number of hydrogen-bond acceptors (Lipinski definition) is 5. The van der Waals surface area contributed by atoms with Crippen molar-refractivity contribution < 1.29 is 14.4 Å². The summed E-state index contributed by atoms with van der Waals surface area (Å²) in [5.74, 6) is 1.98. The number of nitrogens with one attached hydrogen (secondary N) is 1. The molecule has 90 valence electrons. The summed E-state index contributed by atoms with van der Waals surface area (Å²) >= 11 is 0. The number of aryl methyl sites for hydroxylation is 1. The molecule has 0 aliphatic carbocycles. The number of hydrogen-bond donors (Lipinski definition) is 2. The zero-order chi connectivity index (χ0) is 12.3. The number of aromatic hydroxyl groups is 1. The lowest BCUT2D eigenvalue weighted by Crippen LogP contribution is -2.00. The molecule has 0 radical (unpaired) electrons. The normalized spacial score (nSPS) is 10.2. The van der Waals surface area contributed by atoms with Crippen molar-refractivity contribution in [3.05, 3.63) is 35.6 Å². The Morgan fingerprint density at radius 1 is 1.47 bits per heavy atom. The van der Waals surface area contributed by atoms with Crippen molar-refractivity contribution in [3.8, 4) is 11.5 Å². The van der Waals surface area contributed by atoms with Gasteiger partial charge in [-0.15, -0.1) is 0 Å². The summed E-state index contributed by atoms with van der Waals surface area (Å²) in [4.78, 5) is 0. The number of anilines is 1. The van der Waals surface area contributed by atoms with Gasteiger partial charge in [-0.2, -0.15) is 0 Å². The number of phenolic OH excluding ortho intramolecular Hbond substituents is 1. The van der Waals surface area contributed by atoms with Crippen LogP contribution in [0.5, 0.6) is 11.5 Å². The van der Waals surface area contributed by atoms with Gasteiger partial charge in [0.15, 0.2) is 17.3 Å². The number of methoxy groups -OCH3 is 1. The Morgan fingerprint density at radius 3 is 2.94 bits per heavy atom. The van der Waals surface area contributed by atoms with Crippen molar-refractivity contribution in [2.45, 2.75) is 13.5 Å². The standard InChI is InChI=1S/C12H14N2O3/c1-8-6-11(14-17-8)13-7-9-4-3-5-10(16-2)12(9)15/h3-6,15H,7H2,1-2H3,(H,13,14). The molecule has 17 heavy (non-hydrogen) atoms. The van der Waals surface area contributed by atoms with Crippen LogP contribution in [-0.4, -0.2) is 17.4 Å². The zero-order valence-electron chi connectivity index (χ0n) is 9.73. The lowest BCUT2D eigenvalue weighted by molar-refractivity contribution is 0.371. The fraction of sp³-hybridized carbons (Fsp3) is 0.250. The van der Waals surface area contributed by atoms with Gasteiger partial charge >= 0.3 is 0 Å². The minimum absolute atomic E-state index is 0.141. The fourth-order valence-electron chi connectivity index (χ4n) is 1.51. The highest BCUT2D eigenvalue weighted by Crippen LogP contribution is 2.29. The SMILES string of the molecule is COc1cccc(CNc2cc(C)on2)c1O. The monoisotopic (exact) mass is 234 g/mol. The summed E-state index contributed by atoms with van der Waals surface area (Å²) in [6.45, 7) is 2.27. The van der Waals surface area contributed by atoms with E-state index in [4.69, 9.17) is 9.26 Å². The van der Waals surface area contributed by atoms with Crippen LogP contribution >= 0.6 is 0 Å². The maximum atomic E-state index is 9.86. The lowest BCUT2D eigenvalue weighted by atomic mass is 10.2. The second kappa shape index (κ2) is 4.78. The Balaban J connectivity index is 2.09. The van der Waals surface area contributed by atoms with Gasteiger partial charge in [0.1, 0.15) is 5.76 Å². The molecule has 0 unspecified atom stereocenters. The molecule has 5 nitrogen and oxygen atoms in total. The molecule has 0 bridgehead atoms. The molecule has 0 aliphatic heterocycles. The van der Waals surface area contributed by atoms with Gasteiger partial charge in [0.05, 0.1) is 7.11 Å². The van der Waals surface area contributed by atoms with E-state index in [9.17, 15) is 5.11 Å². The van der Waals surface area contributed by atoms with Gasteiger partial charge in [0.25, 0.3) is 0 Å². The minimum atomic E-state index is 0.141. The van der Waals surface area contributed by atoms with E-state index in [-0.39, 0.29) is 5.75 Å². The Hall–Kier alpha value is -2.17. The molecule has 0 spiro atoms. The Labute approximate surface area is 99.0 Å². The quantitative estimate of drug-likeness (QED) is 0.849. The maximum Gasteiger partial charge on any atom is 0.169 e. The first-order valence-corrected chi connectivity index (χ1v) is 5.22. The number of phenols is 1. The van der Waals surface area contributed by atoms with Crippen LogP contribution in [0, 0.1) is 6.92 Å². The van der Waals surface area contributed by atoms with Crippen molar-refractivity contribution >= 4 is 5.82 Å². The molecular formula is C12H14N2O3. The predicted molar refractivity (Wildman–Crippen MR) is 63.2 cm³/mol. The van der Waals surface area contributed by atoms with E-state index in [1.54, 1.807) is 12.1 Å². The van der Waals surface area contributed by atoms with Crippen molar-refractivity contribution in [1.29, 1.82) is 0 Å². The summed E-state index contributed by atoms with van der Waals surface area (Å²) in [7, 11) is 1.52. The molecule has 0 atom stereocenters. The first kappa shape index (κ1) is 11.3. The summed E-state index contributed by atoms with van der Waals surface area (Å²) in [5.41, 5.74) is 0.741. The summed E-state index contributed by atoms with van der Waals surface area (Å²) in [6, 6.07) is 7.14. The number of rotatable bonds is 4. The third-order valence-electron chi connectivity index (χ3n) is 2.39. The second-order valence-electron chi connectivity index (χ2n) is 3.64. The van der Waals surface area contributed by atoms with Crippen LogP contribution < -0.4 is 10.1 Å². The fourth-order valence-corrected chi connectivity index (χ4v) is 1.51. The van der Waals surface area contributed by atoms with Gasteiger partial charge in [-0.1, -0.05) is 17.3 Å². The maximum absolute atomic E-state index is 9.86. The first-order chi connectivity index (χ1) is 8.20. The van der Waals surface area contributed by atoms with E-state index in [0.717, 1.165) is 11.3 Å². The summed E-state index contributed by atoms with van der Waals surface area (Å²) in [5, 5.41) is 16.7. The molecular weight excluding hydrogens is 220 g/mol. The van der Waals surface area contributed by atoms with Crippen molar-refractivity contribution in [3.63, 3.8) is 0 Å². The van der Waals surface area contributed by atoms with Crippen LogP contribution in [0.2, 0.25) is 0 Å². The van der Waals surface area contributed by atoms with Crippen LogP contribution in [0.1, 0.15) is 11.3 Å². The third-order valence-corrected chi connectivity index (χ3v) is 2.39. The summed E-state index contributed by atoms with van der Waals surface area (Å²) in [6.07, 6.45) is 0. The van der Waals surface area contributed by atoms with Crippen LogP contribution in [-0.2, 0) is 6.54 Å². The molecule has 0 saturated heterocycles. The van der Waals surface area contributed by atoms with Gasteiger partial charge < -0.3 is 19.7 Å². The molecule has 2 rings (SSSR count). The van der Waals surface area contributed by atoms with Gasteiger partial charge in [0, 0.05) is 18.2 Å². The Morgan fingerprint density at radius 2 is 2.29 bits per heavy atom. The highest BCUT2D eigenvalue weighted by atomic mass is 16.5. The molecule has 0 saturated carbocycles. The van der Waals surface area contributed by atoms with Crippen molar-refractivity contribution in [1.82, 2.24) is 5.16 Å². The smallest absolute Gasteiger partial charge is 0.169 e. The van der Waals surface area contributed by atoms with E-state index in [0.29, 0.717) is 18.1 Å². The minimum Gasteiger partial charge on any atom is -0.504 e. The van der Waals surface area contributed by atoms with E-state index in [1.165, 1.54) is 7.11 Å². The second-order valence-corrected chi connectivity index (χ2v) is 3.64. The zero-order valence-corrected chi connectivity index (χ0v) is 9.73. The van der Waals surface area contributed by atoms with E-state index in [2.05, 4.69) is 10.5 Å². The predicted octanol–water partition coefficient (Wildman–Crippen LogP) is 2.31. The summed E-state index contributed by atoms with van der Waals surface area (Å²) < 4.78 is 9.96. The van der Waals surface area contributed by atoms with Crippen LogP contribution in [0.25, 0.3) is 0 Å². The number of aromatic nitrogens is 1.